The SMILES string of the molecule is Cc1nnc2ccc(NC[C@H](c3ccc(F)cc3)N3CCOCC3)nn12. The fourth-order valence-corrected chi connectivity index (χ4v) is 3.22. The molecule has 8 heteroatoms. The largest absolute Gasteiger partial charge is 0.379 e. The van der Waals surface area contributed by atoms with E-state index >= 15 is 0 Å². The number of rotatable bonds is 5. The van der Waals surface area contributed by atoms with Gasteiger partial charge in [0.1, 0.15) is 11.6 Å². The van der Waals surface area contributed by atoms with Crippen LogP contribution in [0.1, 0.15) is 17.4 Å². The molecule has 1 aliphatic rings. The first-order chi connectivity index (χ1) is 12.7. The van der Waals surface area contributed by atoms with Crippen LogP contribution in [-0.4, -0.2) is 57.6 Å². The molecule has 1 N–H and O–H groups in total. The fraction of sp³-hybridized carbons (Fsp3) is 0.389. The van der Waals surface area contributed by atoms with Crippen molar-refractivity contribution in [1.29, 1.82) is 0 Å². The number of morpholine rings is 1. The molecule has 1 fully saturated rings. The second kappa shape index (κ2) is 7.35. The number of benzene rings is 1. The van der Waals surface area contributed by atoms with Crippen molar-refractivity contribution >= 4 is 11.5 Å². The van der Waals surface area contributed by atoms with Gasteiger partial charge in [0.05, 0.1) is 19.3 Å². The Morgan fingerprint density at radius 1 is 1.12 bits per heavy atom. The van der Waals surface area contributed by atoms with Crippen LogP contribution in [0.15, 0.2) is 36.4 Å². The lowest BCUT2D eigenvalue weighted by Gasteiger charge is -2.35. The number of hydrogen-bond acceptors (Lipinski definition) is 6. The van der Waals surface area contributed by atoms with Crippen molar-refractivity contribution < 1.29 is 9.13 Å². The first kappa shape index (κ1) is 16.9. The van der Waals surface area contributed by atoms with Gasteiger partial charge in [0.2, 0.25) is 0 Å². The molecule has 3 aromatic rings. The third-order valence-corrected chi connectivity index (χ3v) is 4.64. The van der Waals surface area contributed by atoms with Crippen molar-refractivity contribution in [2.24, 2.45) is 0 Å². The number of nitrogens with zero attached hydrogens (tertiary/aromatic N) is 5. The average molecular weight is 356 g/mol. The molecule has 0 radical (unpaired) electrons. The summed E-state index contributed by atoms with van der Waals surface area (Å²) in [6.45, 7) is 5.64. The minimum absolute atomic E-state index is 0.110. The predicted molar refractivity (Wildman–Crippen MR) is 95.5 cm³/mol. The first-order valence-corrected chi connectivity index (χ1v) is 8.71. The van der Waals surface area contributed by atoms with Gasteiger partial charge in [-0.2, -0.15) is 4.52 Å². The fourth-order valence-electron chi connectivity index (χ4n) is 3.22. The molecule has 0 amide bonds. The van der Waals surface area contributed by atoms with Gasteiger partial charge in [-0.3, -0.25) is 4.90 Å². The standard InChI is InChI=1S/C18H21FN6O/c1-13-21-22-18-7-6-17(23-25(13)18)20-12-16(24-8-10-26-11-9-24)14-2-4-15(19)5-3-14/h2-7,16H,8-12H2,1H3,(H,20,23)/t16-/m1/s1. The predicted octanol–water partition coefficient (Wildman–Crippen LogP) is 2.06. The van der Waals surface area contributed by atoms with E-state index < -0.39 is 0 Å². The number of nitrogens with one attached hydrogen (secondary N) is 1. The zero-order valence-electron chi connectivity index (χ0n) is 14.6. The van der Waals surface area contributed by atoms with E-state index in [4.69, 9.17) is 4.74 Å². The lowest BCUT2D eigenvalue weighted by atomic mass is 10.0. The van der Waals surface area contributed by atoms with E-state index in [0.717, 1.165) is 35.9 Å². The average Bonchev–Trinajstić information content (AvgIpc) is 3.05. The van der Waals surface area contributed by atoms with Gasteiger partial charge in [0.25, 0.3) is 0 Å². The molecule has 7 nitrogen and oxygen atoms in total. The van der Waals surface area contributed by atoms with Gasteiger partial charge in [-0.05, 0) is 36.8 Å². The van der Waals surface area contributed by atoms with Crippen LogP contribution in [0.3, 0.4) is 0 Å². The monoisotopic (exact) mass is 356 g/mol. The molecule has 0 saturated carbocycles. The van der Waals surface area contributed by atoms with Crippen LogP contribution in [-0.2, 0) is 4.74 Å². The molecule has 136 valence electrons. The summed E-state index contributed by atoms with van der Waals surface area (Å²) >= 11 is 0. The van der Waals surface area contributed by atoms with E-state index in [9.17, 15) is 4.39 Å². The van der Waals surface area contributed by atoms with Crippen LogP contribution < -0.4 is 5.32 Å². The van der Waals surface area contributed by atoms with Crippen molar-refractivity contribution in [2.75, 3.05) is 38.2 Å². The molecule has 1 aliphatic heterocycles. The molecule has 2 aromatic heterocycles. The number of aromatic nitrogens is 4. The van der Waals surface area contributed by atoms with Gasteiger partial charge < -0.3 is 10.1 Å². The highest BCUT2D eigenvalue weighted by Gasteiger charge is 2.22. The highest BCUT2D eigenvalue weighted by Crippen LogP contribution is 2.23. The number of hydrogen-bond donors (Lipinski definition) is 1. The Morgan fingerprint density at radius 2 is 1.88 bits per heavy atom. The molecule has 0 bridgehead atoms. The molecule has 0 aliphatic carbocycles. The maximum Gasteiger partial charge on any atom is 0.178 e. The van der Waals surface area contributed by atoms with Gasteiger partial charge in [0, 0.05) is 19.6 Å². The lowest BCUT2D eigenvalue weighted by Crippen LogP contribution is -2.41. The second-order valence-corrected chi connectivity index (χ2v) is 6.33. The number of ether oxygens (including phenoxy) is 1. The quantitative estimate of drug-likeness (QED) is 0.755. The van der Waals surface area contributed by atoms with Crippen LogP contribution in [0.4, 0.5) is 10.2 Å². The molecule has 4 rings (SSSR count). The summed E-state index contributed by atoms with van der Waals surface area (Å²) in [7, 11) is 0. The minimum Gasteiger partial charge on any atom is -0.379 e. The molecule has 3 heterocycles. The van der Waals surface area contributed by atoms with E-state index in [2.05, 4.69) is 25.5 Å². The smallest absolute Gasteiger partial charge is 0.178 e. The van der Waals surface area contributed by atoms with Gasteiger partial charge >= 0.3 is 0 Å². The number of halogens is 1. The van der Waals surface area contributed by atoms with Crippen molar-refractivity contribution in [3.8, 4) is 0 Å². The zero-order valence-corrected chi connectivity index (χ0v) is 14.6. The Balaban J connectivity index is 1.54. The molecule has 0 spiro atoms. The van der Waals surface area contributed by atoms with E-state index in [1.54, 1.807) is 4.52 Å². The van der Waals surface area contributed by atoms with Gasteiger partial charge in [0.15, 0.2) is 11.5 Å². The van der Waals surface area contributed by atoms with Gasteiger partial charge in [-0.15, -0.1) is 15.3 Å². The van der Waals surface area contributed by atoms with E-state index in [1.165, 1.54) is 12.1 Å². The molecule has 1 aromatic carbocycles. The van der Waals surface area contributed by atoms with E-state index in [0.29, 0.717) is 19.8 Å². The minimum atomic E-state index is -0.224. The third kappa shape index (κ3) is 3.51. The van der Waals surface area contributed by atoms with Crippen molar-refractivity contribution in [1.82, 2.24) is 24.7 Å². The topological polar surface area (TPSA) is 67.6 Å². The first-order valence-electron chi connectivity index (χ1n) is 8.71. The van der Waals surface area contributed by atoms with E-state index in [-0.39, 0.29) is 11.9 Å². The Bertz CT molecular complexity index is 875. The summed E-state index contributed by atoms with van der Waals surface area (Å²) in [6.07, 6.45) is 0. The summed E-state index contributed by atoms with van der Waals surface area (Å²) in [5.74, 6) is 1.27. The number of anilines is 1. The van der Waals surface area contributed by atoms with Crippen LogP contribution in [0.5, 0.6) is 0 Å². The Kier molecular flexibility index (Phi) is 4.77. The number of aryl methyl sites for hydroxylation is 1. The zero-order chi connectivity index (χ0) is 17.9. The highest BCUT2D eigenvalue weighted by molar-refractivity contribution is 5.44. The molecule has 0 unspecified atom stereocenters. The van der Waals surface area contributed by atoms with Crippen LogP contribution >= 0.6 is 0 Å². The molecular formula is C18H21FN6O. The lowest BCUT2D eigenvalue weighted by molar-refractivity contribution is 0.0187. The summed E-state index contributed by atoms with van der Waals surface area (Å²) in [5, 5.41) is 16.0. The normalized spacial score (nSPS) is 16.7. The summed E-state index contributed by atoms with van der Waals surface area (Å²) in [6, 6.07) is 10.6. The molecule has 1 atom stereocenters. The van der Waals surface area contributed by atoms with Crippen LogP contribution in [0.2, 0.25) is 0 Å². The number of fused-ring (bicyclic) bond motifs is 1. The van der Waals surface area contributed by atoms with Crippen LogP contribution in [0.25, 0.3) is 5.65 Å². The second-order valence-electron chi connectivity index (χ2n) is 6.33. The molecule has 1 saturated heterocycles. The summed E-state index contributed by atoms with van der Waals surface area (Å²) < 4.78 is 20.5. The van der Waals surface area contributed by atoms with Crippen molar-refractivity contribution in [3.05, 3.63) is 53.6 Å². The maximum absolute atomic E-state index is 13.3. The Labute approximate surface area is 150 Å². The summed E-state index contributed by atoms with van der Waals surface area (Å²) in [4.78, 5) is 2.35. The third-order valence-electron chi connectivity index (χ3n) is 4.64. The molecular weight excluding hydrogens is 335 g/mol. The van der Waals surface area contributed by atoms with E-state index in [1.807, 2.05) is 31.2 Å². The Morgan fingerprint density at radius 3 is 2.65 bits per heavy atom. The maximum atomic E-state index is 13.3. The van der Waals surface area contributed by atoms with Crippen molar-refractivity contribution in [3.63, 3.8) is 0 Å². The van der Waals surface area contributed by atoms with Gasteiger partial charge in [-0.1, -0.05) is 12.1 Å². The van der Waals surface area contributed by atoms with Crippen molar-refractivity contribution in [2.45, 2.75) is 13.0 Å². The highest BCUT2D eigenvalue weighted by atomic mass is 19.1. The Hall–Kier alpha value is -2.58. The molecule has 26 heavy (non-hydrogen) atoms. The summed E-state index contributed by atoms with van der Waals surface area (Å²) in [5.41, 5.74) is 1.79. The van der Waals surface area contributed by atoms with Crippen LogP contribution in [0, 0.1) is 12.7 Å². The van der Waals surface area contributed by atoms with Gasteiger partial charge in [-0.25, -0.2) is 4.39 Å².